The highest BCUT2D eigenvalue weighted by atomic mass is 32.2. The molecule has 3 atom stereocenters. The van der Waals surface area contributed by atoms with Crippen molar-refractivity contribution in [2.45, 2.75) is 30.7 Å². The minimum Gasteiger partial charge on any atom is -0.508 e. The lowest BCUT2D eigenvalue weighted by molar-refractivity contribution is 0.274. The average molecular weight is 496 g/mol. The van der Waals surface area contributed by atoms with Crippen LogP contribution in [0.5, 0.6) is 17.2 Å². The van der Waals surface area contributed by atoms with E-state index in [0.717, 1.165) is 35.6 Å². The van der Waals surface area contributed by atoms with Gasteiger partial charge in [-0.05, 0) is 50.0 Å². The number of piperidine rings is 1. The second-order valence-corrected chi connectivity index (χ2v) is 10.5. The first-order valence-corrected chi connectivity index (χ1v) is 12.8. The zero-order chi connectivity index (χ0) is 24.5. The van der Waals surface area contributed by atoms with Crippen LogP contribution in [-0.4, -0.2) is 53.2 Å². The van der Waals surface area contributed by atoms with E-state index in [4.69, 9.17) is 0 Å². The van der Waals surface area contributed by atoms with Gasteiger partial charge in [0.1, 0.15) is 39.9 Å². The number of para-hydroxylation sites is 1. The Labute approximate surface area is 206 Å². The third kappa shape index (κ3) is 4.71. The number of phenols is 3. The number of phenolic OH excluding ortho intramolecular Hbond substituents is 3. The number of fused-ring (bicyclic) bond motifs is 1. The van der Waals surface area contributed by atoms with E-state index in [0.29, 0.717) is 24.5 Å². The first kappa shape index (κ1) is 23.3. The van der Waals surface area contributed by atoms with E-state index < -0.39 is 11.0 Å². The van der Waals surface area contributed by atoms with E-state index in [2.05, 4.69) is 15.7 Å². The molecule has 2 aliphatic heterocycles. The van der Waals surface area contributed by atoms with Crippen molar-refractivity contribution in [2.75, 3.05) is 25.0 Å². The fourth-order valence-electron chi connectivity index (χ4n) is 4.64. The first-order valence-electron chi connectivity index (χ1n) is 11.6. The van der Waals surface area contributed by atoms with E-state index >= 15 is 0 Å². The second kappa shape index (κ2) is 9.63. The average Bonchev–Trinajstić information content (AvgIpc) is 3.23. The molecule has 0 amide bonds. The number of aromatic hydroxyl groups is 3. The van der Waals surface area contributed by atoms with Crippen LogP contribution in [-0.2, 0) is 11.0 Å². The van der Waals surface area contributed by atoms with Crippen LogP contribution in [0.3, 0.4) is 0 Å². The van der Waals surface area contributed by atoms with Crippen molar-refractivity contribution in [2.24, 2.45) is 5.92 Å². The van der Waals surface area contributed by atoms with Gasteiger partial charge in [0.05, 0.1) is 17.1 Å². The predicted octanol–water partition coefficient (Wildman–Crippen LogP) is 3.30. The minimum atomic E-state index is -1.51. The number of hydrogen-bond acceptors (Lipinski definition) is 7. The summed E-state index contributed by atoms with van der Waals surface area (Å²) in [6, 6.07) is 11.2. The second-order valence-electron chi connectivity index (χ2n) is 9.00. The molecule has 0 spiro atoms. The number of hydrogen-bond donors (Lipinski definition) is 5. The number of aromatic nitrogens is 2. The summed E-state index contributed by atoms with van der Waals surface area (Å²) in [5.41, 5.74) is 1.79. The molecule has 5 rings (SSSR count). The maximum atomic E-state index is 13.1. The fourth-order valence-corrected chi connectivity index (χ4v) is 5.98. The Bertz CT molecular complexity index is 1290. The molecule has 184 valence electrons. The Balaban J connectivity index is 1.31. The lowest BCUT2D eigenvalue weighted by atomic mass is 9.99. The maximum Gasteiger partial charge on any atom is 0.136 e. The van der Waals surface area contributed by atoms with Crippen LogP contribution >= 0.6 is 0 Å². The van der Waals surface area contributed by atoms with Crippen molar-refractivity contribution in [3.05, 3.63) is 65.9 Å². The third-order valence-corrected chi connectivity index (χ3v) is 8.01. The highest BCUT2D eigenvalue weighted by Crippen LogP contribution is 2.34. The topological polar surface area (TPSA) is 123 Å². The summed E-state index contributed by atoms with van der Waals surface area (Å²) in [6.45, 7) is 3.93. The molecule has 2 aromatic carbocycles. The molecule has 1 fully saturated rings. The lowest BCUT2D eigenvalue weighted by Crippen LogP contribution is -2.41. The largest absolute Gasteiger partial charge is 0.508 e. The molecule has 3 unspecified atom stereocenters. The Morgan fingerprint density at radius 3 is 2.80 bits per heavy atom. The monoisotopic (exact) mass is 495 g/mol. The minimum absolute atomic E-state index is 0.0606. The number of nitrogens with one attached hydrogen (secondary N) is 2. The summed E-state index contributed by atoms with van der Waals surface area (Å²) in [6.07, 6.45) is 5.70. The standard InChI is InChI=1S/C25H29N5O4S/c1-16-13-27-30-24(12-20(28-25(16)30)19-6-2-3-7-21(19)32)26-14-17-5-4-10-29(15-17)35(34)23-9-8-18(31)11-22(23)33/h2-3,6-9,11-13,17,20,26,28,31-33H,4-5,10,14-15H2,1H3. The van der Waals surface area contributed by atoms with Crippen molar-refractivity contribution in [3.63, 3.8) is 0 Å². The molecule has 3 aromatic rings. The molecule has 0 radical (unpaired) electrons. The third-order valence-electron chi connectivity index (χ3n) is 6.49. The first-order chi connectivity index (χ1) is 16.9. The molecule has 3 heterocycles. The summed E-state index contributed by atoms with van der Waals surface area (Å²) < 4.78 is 16.8. The molecule has 10 heteroatoms. The molecule has 2 aliphatic rings. The molecule has 0 aliphatic carbocycles. The van der Waals surface area contributed by atoms with Gasteiger partial charge in [0.2, 0.25) is 0 Å². The van der Waals surface area contributed by atoms with Crippen molar-refractivity contribution in [1.29, 1.82) is 0 Å². The smallest absolute Gasteiger partial charge is 0.136 e. The molecule has 9 nitrogen and oxygen atoms in total. The molecular weight excluding hydrogens is 466 g/mol. The van der Waals surface area contributed by atoms with Crippen molar-refractivity contribution in [3.8, 4) is 17.2 Å². The molecular formula is C25H29N5O4S. The number of anilines is 1. The number of nitrogens with zero attached hydrogens (tertiary/aromatic N) is 3. The number of rotatable bonds is 6. The van der Waals surface area contributed by atoms with Gasteiger partial charge < -0.3 is 26.0 Å². The summed E-state index contributed by atoms with van der Waals surface area (Å²) in [5.74, 6) is 1.95. The SMILES string of the molecule is Cc1cnn2c1NC(c1ccccc1O)C=C2NCC1CCCN(S(=O)c2ccc(O)cc2O)C1. The summed E-state index contributed by atoms with van der Waals surface area (Å²) in [7, 11) is -1.51. The summed E-state index contributed by atoms with van der Waals surface area (Å²) in [4.78, 5) is 0.305. The zero-order valence-corrected chi connectivity index (χ0v) is 20.2. The quantitative estimate of drug-likeness (QED) is 0.356. The highest BCUT2D eigenvalue weighted by molar-refractivity contribution is 7.82. The van der Waals surface area contributed by atoms with E-state index in [1.54, 1.807) is 18.3 Å². The van der Waals surface area contributed by atoms with Gasteiger partial charge in [-0.2, -0.15) is 5.10 Å². The van der Waals surface area contributed by atoms with Crippen LogP contribution in [0.1, 0.15) is 30.0 Å². The van der Waals surface area contributed by atoms with Crippen LogP contribution in [0.4, 0.5) is 5.82 Å². The van der Waals surface area contributed by atoms with E-state index in [1.807, 2.05) is 34.1 Å². The van der Waals surface area contributed by atoms with Crippen LogP contribution in [0, 0.1) is 12.8 Å². The Morgan fingerprint density at radius 2 is 2.00 bits per heavy atom. The van der Waals surface area contributed by atoms with Gasteiger partial charge in [0, 0.05) is 36.8 Å². The fraction of sp³-hybridized carbons (Fsp3) is 0.320. The summed E-state index contributed by atoms with van der Waals surface area (Å²) >= 11 is 0. The van der Waals surface area contributed by atoms with Crippen molar-refractivity contribution < 1.29 is 19.5 Å². The van der Waals surface area contributed by atoms with E-state index in [-0.39, 0.29) is 29.2 Å². The predicted molar refractivity (Wildman–Crippen MR) is 134 cm³/mol. The van der Waals surface area contributed by atoms with Gasteiger partial charge >= 0.3 is 0 Å². The van der Waals surface area contributed by atoms with Gasteiger partial charge in [0.25, 0.3) is 0 Å². The number of benzene rings is 2. The molecule has 5 N–H and O–H groups in total. The zero-order valence-electron chi connectivity index (χ0n) is 19.4. The maximum absolute atomic E-state index is 13.1. The normalized spacial score (nSPS) is 21.0. The van der Waals surface area contributed by atoms with Gasteiger partial charge in [0.15, 0.2) is 0 Å². The highest BCUT2D eigenvalue weighted by Gasteiger charge is 2.28. The molecule has 1 aromatic heterocycles. The van der Waals surface area contributed by atoms with Gasteiger partial charge in [-0.1, -0.05) is 18.2 Å². The molecule has 1 saturated heterocycles. The van der Waals surface area contributed by atoms with Crippen molar-refractivity contribution >= 4 is 22.6 Å². The van der Waals surface area contributed by atoms with Crippen LogP contribution in [0.25, 0.3) is 5.82 Å². The molecule has 0 bridgehead atoms. The summed E-state index contributed by atoms with van der Waals surface area (Å²) in [5, 5.41) is 41.5. The van der Waals surface area contributed by atoms with Gasteiger partial charge in [-0.3, -0.25) is 0 Å². The molecule has 35 heavy (non-hydrogen) atoms. The molecule has 0 saturated carbocycles. The van der Waals surface area contributed by atoms with E-state index in [1.165, 1.54) is 18.2 Å². The Kier molecular flexibility index (Phi) is 6.40. The van der Waals surface area contributed by atoms with Crippen LogP contribution < -0.4 is 10.6 Å². The van der Waals surface area contributed by atoms with E-state index in [9.17, 15) is 19.5 Å². The van der Waals surface area contributed by atoms with Crippen LogP contribution in [0.15, 0.2) is 59.6 Å². The lowest BCUT2D eigenvalue weighted by Gasteiger charge is -2.33. The number of aryl methyl sites for hydroxylation is 1. The van der Waals surface area contributed by atoms with Crippen LogP contribution in [0.2, 0.25) is 0 Å². The van der Waals surface area contributed by atoms with Crippen molar-refractivity contribution in [1.82, 2.24) is 19.4 Å². The van der Waals surface area contributed by atoms with Gasteiger partial charge in [-0.15, -0.1) is 0 Å². The Hall–Kier alpha value is -3.50. The van der Waals surface area contributed by atoms with Gasteiger partial charge in [-0.25, -0.2) is 13.2 Å². The Morgan fingerprint density at radius 1 is 1.17 bits per heavy atom.